The Labute approximate surface area is 144 Å². The molecule has 1 aromatic heterocycles. The van der Waals surface area contributed by atoms with Crippen molar-refractivity contribution < 1.29 is 18.9 Å². The predicted octanol–water partition coefficient (Wildman–Crippen LogP) is 2.07. The van der Waals surface area contributed by atoms with Gasteiger partial charge in [0.25, 0.3) is 0 Å². The Kier molecular flexibility index (Phi) is 4.60. The summed E-state index contributed by atoms with van der Waals surface area (Å²) < 4.78 is 5.05. The highest BCUT2D eigenvalue weighted by Crippen LogP contribution is 2.26. The average molecular weight is 342 g/mol. The van der Waals surface area contributed by atoms with Crippen LogP contribution in [0.2, 0.25) is 0 Å². The normalized spacial score (nSPS) is 16.0. The summed E-state index contributed by atoms with van der Waals surface area (Å²) in [5, 5.41) is 3.78. The lowest BCUT2D eigenvalue weighted by atomic mass is 10.1. The first-order valence-corrected chi connectivity index (χ1v) is 8.08. The van der Waals surface area contributed by atoms with Gasteiger partial charge >= 0.3 is 17.8 Å². The van der Waals surface area contributed by atoms with Crippen LogP contribution in [-0.2, 0) is 22.6 Å². The Morgan fingerprint density at radius 2 is 1.84 bits per heavy atom. The maximum atomic E-state index is 12.6. The van der Waals surface area contributed by atoms with Crippen molar-refractivity contribution in [2.24, 2.45) is 0 Å². The molecule has 1 saturated heterocycles. The zero-order valence-corrected chi connectivity index (χ0v) is 14.0. The van der Waals surface area contributed by atoms with Crippen molar-refractivity contribution in [2.45, 2.75) is 39.3 Å². The number of imide groups is 2. The number of rotatable bonds is 6. The van der Waals surface area contributed by atoms with Gasteiger partial charge in [-0.1, -0.05) is 42.4 Å². The van der Waals surface area contributed by atoms with Crippen molar-refractivity contribution in [2.75, 3.05) is 0 Å². The van der Waals surface area contributed by atoms with E-state index in [1.54, 1.807) is 19.1 Å². The van der Waals surface area contributed by atoms with Gasteiger partial charge in [0, 0.05) is 6.42 Å². The van der Waals surface area contributed by atoms with Crippen molar-refractivity contribution >= 4 is 17.8 Å². The van der Waals surface area contributed by atoms with Crippen LogP contribution in [-0.4, -0.2) is 37.8 Å². The highest BCUT2D eigenvalue weighted by molar-refractivity contribution is 6.44. The number of hydrogen-bond donors (Lipinski definition) is 0. The average Bonchev–Trinajstić information content (AvgIpc) is 3.14. The number of urea groups is 1. The maximum absolute atomic E-state index is 12.6. The van der Waals surface area contributed by atoms with Crippen LogP contribution in [0.15, 0.2) is 34.9 Å². The van der Waals surface area contributed by atoms with Crippen LogP contribution < -0.4 is 0 Å². The standard InChI is InChI=1S/C17H18N4O4/c1-3-7-13-18-14(25-19-13)10-20-15(22)16(23)21(17(20)24)11(2)12-8-5-4-6-9-12/h4-6,8-9,11H,3,7,10H2,1-2H3/t11-/m0/s1. The molecule has 1 aliphatic heterocycles. The SMILES string of the molecule is CCCc1noc(CN2C(=O)C(=O)N([C@@H](C)c3ccccc3)C2=O)n1. The summed E-state index contributed by atoms with van der Waals surface area (Å²) in [6, 6.07) is 7.83. The van der Waals surface area contributed by atoms with E-state index < -0.39 is 23.9 Å². The first-order valence-electron chi connectivity index (χ1n) is 8.08. The molecule has 1 fully saturated rings. The molecule has 0 radical (unpaired) electrons. The number of amides is 4. The molecule has 1 aromatic carbocycles. The van der Waals surface area contributed by atoms with Crippen LogP contribution in [0.3, 0.4) is 0 Å². The molecule has 8 nitrogen and oxygen atoms in total. The third-order valence-electron chi connectivity index (χ3n) is 4.03. The summed E-state index contributed by atoms with van der Waals surface area (Å²) >= 11 is 0. The fourth-order valence-corrected chi connectivity index (χ4v) is 2.70. The second-order valence-corrected chi connectivity index (χ2v) is 5.79. The van der Waals surface area contributed by atoms with E-state index in [1.807, 2.05) is 25.1 Å². The summed E-state index contributed by atoms with van der Waals surface area (Å²) in [4.78, 5) is 43.0. The Morgan fingerprint density at radius 3 is 2.52 bits per heavy atom. The fourth-order valence-electron chi connectivity index (χ4n) is 2.70. The molecule has 4 amide bonds. The number of hydrogen-bond acceptors (Lipinski definition) is 6. The molecule has 2 aromatic rings. The first-order chi connectivity index (χ1) is 12.0. The minimum absolute atomic E-state index is 0.132. The number of aromatic nitrogens is 2. The number of carbonyl (C=O) groups is 3. The van der Waals surface area contributed by atoms with Gasteiger partial charge in [-0.2, -0.15) is 4.98 Å². The highest BCUT2D eigenvalue weighted by Gasteiger charge is 2.47. The van der Waals surface area contributed by atoms with Crippen LogP contribution in [0.5, 0.6) is 0 Å². The summed E-state index contributed by atoms with van der Waals surface area (Å²) in [6.07, 6.45) is 1.49. The van der Waals surface area contributed by atoms with E-state index in [4.69, 9.17) is 4.52 Å². The molecule has 130 valence electrons. The van der Waals surface area contributed by atoms with Gasteiger partial charge in [0.15, 0.2) is 5.82 Å². The Balaban J connectivity index is 1.79. The van der Waals surface area contributed by atoms with Crippen molar-refractivity contribution in [1.29, 1.82) is 0 Å². The summed E-state index contributed by atoms with van der Waals surface area (Å²) in [7, 11) is 0. The number of benzene rings is 1. The van der Waals surface area contributed by atoms with Gasteiger partial charge in [-0.3, -0.25) is 9.59 Å². The lowest BCUT2D eigenvalue weighted by Gasteiger charge is -2.21. The van der Waals surface area contributed by atoms with Gasteiger partial charge in [-0.25, -0.2) is 14.6 Å². The third kappa shape index (κ3) is 3.15. The predicted molar refractivity (Wildman–Crippen MR) is 85.9 cm³/mol. The molecule has 0 spiro atoms. The van der Waals surface area contributed by atoms with Crippen LogP contribution in [0.25, 0.3) is 0 Å². The lowest BCUT2D eigenvalue weighted by Crippen LogP contribution is -2.35. The minimum Gasteiger partial charge on any atom is -0.337 e. The Morgan fingerprint density at radius 1 is 1.12 bits per heavy atom. The topological polar surface area (TPSA) is 96.6 Å². The summed E-state index contributed by atoms with van der Waals surface area (Å²) in [5.74, 6) is -1.10. The molecule has 0 aliphatic carbocycles. The van der Waals surface area contributed by atoms with Gasteiger partial charge in [-0.15, -0.1) is 0 Å². The Hall–Kier alpha value is -3.03. The summed E-state index contributed by atoms with van der Waals surface area (Å²) in [5.41, 5.74) is 0.766. The highest BCUT2D eigenvalue weighted by atomic mass is 16.5. The van der Waals surface area contributed by atoms with E-state index in [9.17, 15) is 14.4 Å². The van der Waals surface area contributed by atoms with Crippen LogP contribution in [0.4, 0.5) is 4.79 Å². The second-order valence-electron chi connectivity index (χ2n) is 5.79. The maximum Gasteiger partial charge on any atom is 0.335 e. The van der Waals surface area contributed by atoms with E-state index in [0.717, 1.165) is 21.8 Å². The van der Waals surface area contributed by atoms with E-state index in [1.165, 1.54) is 0 Å². The molecular weight excluding hydrogens is 324 g/mol. The number of aryl methyl sites for hydroxylation is 1. The molecule has 0 bridgehead atoms. The van der Waals surface area contributed by atoms with E-state index >= 15 is 0 Å². The largest absolute Gasteiger partial charge is 0.337 e. The molecule has 1 aliphatic rings. The van der Waals surface area contributed by atoms with Crippen LogP contribution >= 0.6 is 0 Å². The lowest BCUT2D eigenvalue weighted by molar-refractivity contribution is -0.144. The van der Waals surface area contributed by atoms with Gasteiger partial charge in [0.05, 0.1) is 6.04 Å². The first kappa shape index (κ1) is 16.8. The monoisotopic (exact) mass is 342 g/mol. The van der Waals surface area contributed by atoms with Gasteiger partial charge in [-0.05, 0) is 18.9 Å². The second kappa shape index (κ2) is 6.84. The fraction of sp³-hybridized carbons (Fsp3) is 0.353. The Bertz CT molecular complexity index is 802. The van der Waals surface area contributed by atoms with Crippen molar-refractivity contribution in [3.8, 4) is 0 Å². The van der Waals surface area contributed by atoms with Crippen molar-refractivity contribution in [3.05, 3.63) is 47.6 Å². The van der Waals surface area contributed by atoms with E-state index in [0.29, 0.717) is 12.2 Å². The molecule has 2 heterocycles. The molecule has 0 saturated carbocycles. The smallest absolute Gasteiger partial charge is 0.335 e. The van der Waals surface area contributed by atoms with E-state index in [2.05, 4.69) is 10.1 Å². The molecule has 8 heteroatoms. The molecule has 0 unspecified atom stereocenters. The zero-order valence-electron chi connectivity index (χ0n) is 14.0. The summed E-state index contributed by atoms with van der Waals surface area (Å²) in [6.45, 7) is 3.47. The van der Waals surface area contributed by atoms with Crippen molar-refractivity contribution in [1.82, 2.24) is 19.9 Å². The van der Waals surface area contributed by atoms with Crippen molar-refractivity contribution in [3.63, 3.8) is 0 Å². The third-order valence-corrected chi connectivity index (χ3v) is 4.03. The molecule has 3 rings (SSSR count). The van der Waals surface area contributed by atoms with Gasteiger partial charge in [0.1, 0.15) is 6.54 Å². The molecule has 0 N–H and O–H groups in total. The number of carbonyl (C=O) groups excluding carboxylic acids is 3. The van der Waals surface area contributed by atoms with E-state index in [-0.39, 0.29) is 12.4 Å². The molecule has 1 atom stereocenters. The minimum atomic E-state index is -0.886. The molecule has 25 heavy (non-hydrogen) atoms. The van der Waals surface area contributed by atoms with Crippen LogP contribution in [0, 0.1) is 0 Å². The zero-order chi connectivity index (χ0) is 18.0. The van der Waals surface area contributed by atoms with Crippen LogP contribution in [0.1, 0.15) is 43.6 Å². The number of nitrogens with zero attached hydrogens (tertiary/aromatic N) is 4. The quantitative estimate of drug-likeness (QED) is 0.589. The van der Waals surface area contributed by atoms with Gasteiger partial charge < -0.3 is 4.52 Å². The van der Waals surface area contributed by atoms with Gasteiger partial charge in [0.2, 0.25) is 5.89 Å². The molecular formula is C17H18N4O4.